The zero-order valence-corrected chi connectivity index (χ0v) is 14.4. The highest BCUT2D eigenvalue weighted by atomic mass is 32.2. The number of non-ortho nitro benzene ring substituents is 1. The lowest BCUT2D eigenvalue weighted by molar-refractivity contribution is -0.384. The van der Waals surface area contributed by atoms with E-state index in [-0.39, 0.29) is 17.2 Å². The van der Waals surface area contributed by atoms with Gasteiger partial charge in [0.1, 0.15) is 0 Å². The van der Waals surface area contributed by atoms with Crippen LogP contribution in [0.4, 0.5) is 5.69 Å². The summed E-state index contributed by atoms with van der Waals surface area (Å²) < 4.78 is 24.6. The molecule has 1 amide bonds. The number of hydrogen-bond acceptors (Lipinski definition) is 6. The van der Waals surface area contributed by atoms with Crippen LogP contribution in [0.25, 0.3) is 5.69 Å². The first kappa shape index (κ1) is 17.8. The molecule has 1 aromatic heterocycles. The second-order valence-corrected chi connectivity index (χ2v) is 8.14. The standard InChI is InChI=1S/C16H16N4O5S/c21-16(12-7-9-26(24,25)11-12)18-17-10-15-2-1-8-19(15)13-3-5-14(6-4-13)20(22)23/h1-6,8,10,12H,7,9,11H2,(H,18,21)/b17-10-/t12-/m1/s1. The maximum atomic E-state index is 12.0. The summed E-state index contributed by atoms with van der Waals surface area (Å²) in [5.74, 6) is -1.11. The van der Waals surface area contributed by atoms with E-state index in [1.807, 2.05) is 0 Å². The van der Waals surface area contributed by atoms with E-state index >= 15 is 0 Å². The number of nitro groups is 1. The first-order chi connectivity index (χ1) is 12.4. The Balaban J connectivity index is 1.68. The SMILES string of the molecule is O=C(N/N=C\c1cccn1-c1ccc([N+](=O)[O-])cc1)[C@@H]1CCS(=O)(=O)C1. The molecule has 1 aliphatic heterocycles. The van der Waals surface area contributed by atoms with Gasteiger partial charge in [0.15, 0.2) is 9.84 Å². The molecule has 1 aromatic carbocycles. The number of carbonyl (C=O) groups excluding carboxylic acids is 1. The molecule has 9 nitrogen and oxygen atoms in total. The third-order valence-electron chi connectivity index (χ3n) is 4.09. The van der Waals surface area contributed by atoms with Gasteiger partial charge in [0, 0.05) is 24.0 Å². The van der Waals surface area contributed by atoms with Crippen LogP contribution >= 0.6 is 0 Å². The monoisotopic (exact) mass is 376 g/mol. The summed E-state index contributed by atoms with van der Waals surface area (Å²) in [5, 5.41) is 14.6. The Kier molecular flexibility index (Phi) is 4.85. The quantitative estimate of drug-likeness (QED) is 0.478. The van der Waals surface area contributed by atoms with Crippen molar-refractivity contribution in [1.82, 2.24) is 9.99 Å². The lowest BCUT2D eigenvalue weighted by atomic mass is 10.1. The van der Waals surface area contributed by atoms with Crippen LogP contribution in [0.2, 0.25) is 0 Å². The average molecular weight is 376 g/mol. The molecular formula is C16H16N4O5S. The fourth-order valence-electron chi connectivity index (χ4n) is 2.72. The minimum Gasteiger partial charge on any atom is -0.316 e. The summed E-state index contributed by atoms with van der Waals surface area (Å²) in [7, 11) is -3.13. The van der Waals surface area contributed by atoms with E-state index in [0.717, 1.165) is 0 Å². The molecule has 1 fully saturated rings. The van der Waals surface area contributed by atoms with Crippen molar-refractivity contribution in [3.63, 3.8) is 0 Å². The maximum Gasteiger partial charge on any atom is 0.269 e. The number of hydrazone groups is 1. The van der Waals surface area contributed by atoms with Crippen LogP contribution in [0.5, 0.6) is 0 Å². The highest BCUT2D eigenvalue weighted by Gasteiger charge is 2.32. The van der Waals surface area contributed by atoms with Gasteiger partial charge in [-0.2, -0.15) is 5.10 Å². The molecule has 3 rings (SSSR count). The van der Waals surface area contributed by atoms with E-state index in [1.54, 1.807) is 35.0 Å². The van der Waals surface area contributed by atoms with Crippen LogP contribution in [0.15, 0.2) is 47.7 Å². The van der Waals surface area contributed by atoms with Crippen molar-refractivity contribution in [3.05, 3.63) is 58.4 Å². The smallest absolute Gasteiger partial charge is 0.269 e. The maximum absolute atomic E-state index is 12.0. The molecule has 1 N–H and O–H groups in total. The molecule has 10 heteroatoms. The van der Waals surface area contributed by atoms with Crippen molar-refractivity contribution in [3.8, 4) is 5.69 Å². The van der Waals surface area contributed by atoms with Crippen LogP contribution < -0.4 is 5.43 Å². The molecule has 0 aliphatic carbocycles. The van der Waals surface area contributed by atoms with Gasteiger partial charge < -0.3 is 4.57 Å². The first-order valence-electron chi connectivity index (χ1n) is 7.81. The largest absolute Gasteiger partial charge is 0.316 e. The van der Waals surface area contributed by atoms with E-state index in [1.165, 1.54) is 18.3 Å². The molecule has 1 atom stereocenters. The molecule has 26 heavy (non-hydrogen) atoms. The predicted octanol–water partition coefficient (Wildman–Crippen LogP) is 1.27. The van der Waals surface area contributed by atoms with Gasteiger partial charge >= 0.3 is 0 Å². The third kappa shape index (κ3) is 3.97. The minimum atomic E-state index is -3.13. The molecule has 1 aliphatic rings. The van der Waals surface area contributed by atoms with E-state index in [4.69, 9.17) is 0 Å². The Hall–Kier alpha value is -3.01. The van der Waals surface area contributed by atoms with Crippen molar-refractivity contribution < 1.29 is 18.1 Å². The van der Waals surface area contributed by atoms with Crippen LogP contribution in [0, 0.1) is 16.0 Å². The molecule has 2 heterocycles. The van der Waals surface area contributed by atoms with Gasteiger partial charge in [0.2, 0.25) is 5.91 Å². The van der Waals surface area contributed by atoms with Crippen LogP contribution in [-0.4, -0.2) is 41.5 Å². The van der Waals surface area contributed by atoms with Crippen LogP contribution in [-0.2, 0) is 14.6 Å². The van der Waals surface area contributed by atoms with Crippen molar-refractivity contribution >= 4 is 27.6 Å². The molecule has 136 valence electrons. The van der Waals surface area contributed by atoms with Crippen molar-refractivity contribution in [2.45, 2.75) is 6.42 Å². The highest BCUT2D eigenvalue weighted by Crippen LogP contribution is 2.19. The van der Waals surface area contributed by atoms with Gasteiger partial charge in [-0.3, -0.25) is 14.9 Å². The van der Waals surface area contributed by atoms with Gasteiger partial charge in [0.25, 0.3) is 5.69 Å². The van der Waals surface area contributed by atoms with Crippen molar-refractivity contribution in [1.29, 1.82) is 0 Å². The van der Waals surface area contributed by atoms with Gasteiger partial charge in [-0.1, -0.05) is 0 Å². The second-order valence-electron chi connectivity index (χ2n) is 5.91. The molecule has 0 saturated carbocycles. The Morgan fingerprint density at radius 1 is 1.31 bits per heavy atom. The van der Waals surface area contributed by atoms with Crippen molar-refractivity contribution in [2.75, 3.05) is 11.5 Å². The number of nitrogens with zero attached hydrogens (tertiary/aromatic N) is 3. The Labute approximate surface area is 149 Å². The second kappa shape index (κ2) is 7.08. The third-order valence-corrected chi connectivity index (χ3v) is 5.86. The van der Waals surface area contributed by atoms with Gasteiger partial charge in [-0.15, -0.1) is 0 Å². The van der Waals surface area contributed by atoms with Crippen LogP contribution in [0.3, 0.4) is 0 Å². The van der Waals surface area contributed by atoms with E-state index < -0.39 is 26.6 Å². The topological polar surface area (TPSA) is 124 Å². The van der Waals surface area contributed by atoms with E-state index in [0.29, 0.717) is 17.8 Å². The van der Waals surface area contributed by atoms with Crippen molar-refractivity contribution in [2.24, 2.45) is 11.0 Å². The molecule has 0 bridgehead atoms. The number of amides is 1. The highest BCUT2D eigenvalue weighted by molar-refractivity contribution is 7.91. The number of carbonyl (C=O) groups is 1. The number of nitrogens with one attached hydrogen (secondary N) is 1. The number of aromatic nitrogens is 1. The van der Waals surface area contributed by atoms with Crippen LogP contribution in [0.1, 0.15) is 12.1 Å². The summed E-state index contributed by atoms with van der Waals surface area (Å²) in [6, 6.07) is 9.55. The Bertz CT molecular complexity index is 963. The fraction of sp³-hybridized carbons (Fsp3) is 0.250. The number of nitro benzene ring substituents is 1. The number of rotatable bonds is 5. The zero-order chi connectivity index (χ0) is 18.7. The summed E-state index contributed by atoms with van der Waals surface area (Å²) in [4.78, 5) is 22.2. The molecular weight excluding hydrogens is 360 g/mol. The lowest BCUT2D eigenvalue weighted by Gasteiger charge is -2.07. The van der Waals surface area contributed by atoms with Gasteiger partial charge in [-0.25, -0.2) is 13.8 Å². The lowest BCUT2D eigenvalue weighted by Crippen LogP contribution is -2.27. The van der Waals surface area contributed by atoms with Gasteiger partial charge in [-0.05, 0) is 30.7 Å². The zero-order valence-electron chi connectivity index (χ0n) is 13.6. The van der Waals surface area contributed by atoms with E-state index in [2.05, 4.69) is 10.5 Å². The molecule has 0 radical (unpaired) electrons. The normalized spacial score (nSPS) is 18.8. The number of sulfone groups is 1. The number of benzene rings is 1. The predicted molar refractivity (Wildman–Crippen MR) is 94.9 cm³/mol. The minimum absolute atomic E-state index is 0.00472. The summed E-state index contributed by atoms with van der Waals surface area (Å²) in [6.45, 7) is 0. The summed E-state index contributed by atoms with van der Waals surface area (Å²) in [6.07, 6.45) is 3.50. The molecule has 2 aromatic rings. The molecule has 0 spiro atoms. The molecule has 0 unspecified atom stereocenters. The summed E-state index contributed by atoms with van der Waals surface area (Å²) in [5.41, 5.74) is 3.72. The Morgan fingerprint density at radius 3 is 2.65 bits per heavy atom. The van der Waals surface area contributed by atoms with Gasteiger partial charge in [0.05, 0.1) is 34.3 Å². The van der Waals surface area contributed by atoms with E-state index in [9.17, 15) is 23.3 Å². The molecule has 1 saturated heterocycles. The first-order valence-corrected chi connectivity index (χ1v) is 9.63. The average Bonchev–Trinajstić information content (AvgIpc) is 3.21. The summed E-state index contributed by atoms with van der Waals surface area (Å²) >= 11 is 0. The number of hydrogen-bond donors (Lipinski definition) is 1. The fourth-order valence-corrected chi connectivity index (χ4v) is 4.47. The Morgan fingerprint density at radius 2 is 2.04 bits per heavy atom.